The number of nitro benzene ring substituents is 1. The van der Waals surface area contributed by atoms with E-state index in [0.29, 0.717) is 22.4 Å². The molecule has 0 bridgehead atoms. The zero-order valence-electron chi connectivity index (χ0n) is 11.2. The first-order valence-electron chi connectivity index (χ1n) is 6.18. The number of thiocarbonyl (C=S) groups is 1. The first kappa shape index (κ1) is 15.0. The molecule has 0 spiro atoms. The summed E-state index contributed by atoms with van der Waals surface area (Å²) in [5.74, 6) is -0.436. The highest BCUT2D eigenvalue weighted by Crippen LogP contribution is 2.28. The molecule has 0 saturated heterocycles. The van der Waals surface area contributed by atoms with E-state index in [9.17, 15) is 19.7 Å². The third-order valence-corrected chi connectivity index (χ3v) is 3.26. The van der Waals surface area contributed by atoms with E-state index in [1.807, 2.05) is 0 Å². The van der Waals surface area contributed by atoms with Crippen LogP contribution in [0.2, 0.25) is 0 Å². The lowest BCUT2D eigenvalue weighted by molar-refractivity contribution is -0.383. The molecular formula is C14H12N2O4S. The minimum atomic E-state index is -0.575. The average Bonchev–Trinajstić information content (AvgIpc) is 2.68. The number of ketones is 1. The van der Waals surface area contributed by atoms with E-state index in [-0.39, 0.29) is 29.5 Å². The average molecular weight is 304 g/mol. The van der Waals surface area contributed by atoms with Crippen LogP contribution in [0.5, 0.6) is 0 Å². The molecule has 1 amide bonds. The second-order valence-corrected chi connectivity index (χ2v) is 5.28. The van der Waals surface area contributed by atoms with Gasteiger partial charge in [-0.15, -0.1) is 0 Å². The maximum Gasteiger partial charge on any atom is 0.293 e. The van der Waals surface area contributed by atoms with E-state index in [1.165, 1.54) is 19.1 Å². The molecular weight excluding hydrogens is 292 g/mol. The van der Waals surface area contributed by atoms with Crippen LogP contribution in [-0.2, 0) is 9.59 Å². The molecule has 7 heteroatoms. The number of carbonyl (C=O) groups excluding carboxylic acids is 2. The number of nitrogens with one attached hydrogen (secondary N) is 1. The lowest BCUT2D eigenvalue weighted by atomic mass is 10.1. The van der Waals surface area contributed by atoms with Crippen LogP contribution in [0.15, 0.2) is 23.8 Å². The van der Waals surface area contributed by atoms with Crippen molar-refractivity contribution in [3.8, 4) is 0 Å². The van der Waals surface area contributed by atoms with Crippen LogP contribution >= 0.6 is 12.2 Å². The number of Topliss-reactive ketones (excluding diaryl/α,β-unsaturated/α-hetero) is 1. The quantitative estimate of drug-likeness (QED) is 0.401. The first-order valence-corrected chi connectivity index (χ1v) is 6.59. The van der Waals surface area contributed by atoms with Crippen LogP contribution in [0.3, 0.4) is 0 Å². The monoisotopic (exact) mass is 304 g/mol. The molecule has 1 aliphatic rings. The molecule has 0 aromatic heterocycles. The van der Waals surface area contributed by atoms with Gasteiger partial charge >= 0.3 is 0 Å². The second kappa shape index (κ2) is 5.92. The highest BCUT2D eigenvalue weighted by atomic mass is 32.1. The molecule has 1 aromatic carbocycles. The van der Waals surface area contributed by atoms with E-state index >= 15 is 0 Å². The van der Waals surface area contributed by atoms with Crippen LogP contribution in [0.25, 0.3) is 6.08 Å². The molecule has 0 unspecified atom stereocenters. The maximum atomic E-state index is 11.7. The van der Waals surface area contributed by atoms with Gasteiger partial charge in [-0.2, -0.15) is 0 Å². The van der Waals surface area contributed by atoms with E-state index in [2.05, 4.69) is 5.32 Å². The van der Waals surface area contributed by atoms with Crippen molar-refractivity contribution < 1.29 is 14.5 Å². The Labute approximate surface area is 126 Å². The van der Waals surface area contributed by atoms with E-state index in [1.54, 1.807) is 12.1 Å². The Kier molecular flexibility index (Phi) is 4.23. The molecule has 0 radical (unpaired) electrons. The number of benzene rings is 1. The van der Waals surface area contributed by atoms with Gasteiger partial charge in [-0.25, -0.2) is 0 Å². The SMILES string of the molecule is CC(=O)Nc1ccc(/C=C2\CC(=S)CC2=O)cc1[N+](=O)[O-]. The summed E-state index contributed by atoms with van der Waals surface area (Å²) in [6, 6.07) is 4.39. The molecule has 1 aromatic rings. The molecule has 108 valence electrons. The fraction of sp³-hybridized carbons (Fsp3) is 0.214. The van der Waals surface area contributed by atoms with Crippen molar-refractivity contribution in [1.29, 1.82) is 0 Å². The zero-order valence-corrected chi connectivity index (χ0v) is 12.0. The van der Waals surface area contributed by atoms with Gasteiger partial charge in [-0.3, -0.25) is 19.7 Å². The van der Waals surface area contributed by atoms with Gasteiger partial charge in [0.2, 0.25) is 5.91 Å². The van der Waals surface area contributed by atoms with Crippen molar-refractivity contribution in [2.75, 3.05) is 5.32 Å². The highest BCUT2D eigenvalue weighted by Gasteiger charge is 2.22. The third kappa shape index (κ3) is 3.57. The van der Waals surface area contributed by atoms with Gasteiger partial charge in [0.15, 0.2) is 5.78 Å². The normalized spacial score (nSPS) is 16.3. The first-order chi connectivity index (χ1) is 9.86. The zero-order chi connectivity index (χ0) is 15.6. The maximum absolute atomic E-state index is 11.7. The van der Waals surface area contributed by atoms with Gasteiger partial charge in [0, 0.05) is 36.3 Å². The van der Waals surface area contributed by atoms with Crippen LogP contribution in [-0.4, -0.2) is 21.5 Å². The number of rotatable bonds is 3. The van der Waals surface area contributed by atoms with Gasteiger partial charge in [-0.05, 0) is 17.7 Å². The number of amides is 1. The van der Waals surface area contributed by atoms with E-state index < -0.39 is 4.92 Å². The summed E-state index contributed by atoms with van der Waals surface area (Å²) in [6.07, 6.45) is 2.29. The predicted molar refractivity (Wildman–Crippen MR) is 82.2 cm³/mol. The van der Waals surface area contributed by atoms with Crippen molar-refractivity contribution in [3.63, 3.8) is 0 Å². The predicted octanol–water partition coefficient (Wildman–Crippen LogP) is 2.67. The van der Waals surface area contributed by atoms with Crippen molar-refractivity contribution in [1.82, 2.24) is 0 Å². The summed E-state index contributed by atoms with van der Waals surface area (Å²) in [6.45, 7) is 1.28. The molecule has 21 heavy (non-hydrogen) atoms. The largest absolute Gasteiger partial charge is 0.321 e. The lowest BCUT2D eigenvalue weighted by Gasteiger charge is -2.04. The Balaban J connectivity index is 2.38. The minimum Gasteiger partial charge on any atom is -0.321 e. The van der Waals surface area contributed by atoms with Crippen molar-refractivity contribution >= 4 is 46.2 Å². The number of nitro groups is 1. The number of hydrogen-bond donors (Lipinski definition) is 1. The fourth-order valence-corrected chi connectivity index (χ4v) is 2.37. The Morgan fingerprint density at radius 3 is 2.67 bits per heavy atom. The number of hydrogen-bond acceptors (Lipinski definition) is 5. The number of allylic oxidation sites excluding steroid dienone is 1. The Morgan fingerprint density at radius 2 is 2.14 bits per heavy atom. The molecule has 1 fully saturated rings. The Morgan fingerprint density at radius 1 is 1.43 bits per heavy atom. The minimum absolute atomic E-state index is 0.0476. The van der Waals surface area contributed by atoms with Gasteiger partial charge in [0.25, 0.3) is 5.69 Å². The molecule has 2 rings (SSSR count). The van der Waals surface area contributed by atoms with Gasteiger partial charge in [0.1, 0.15) is 5.69 Å². The molecule has 1 N–H and O–H groups in total. The van der Waals surface area contributed by atoms with E-state index in [4.69, 9.17) is 12.2 Å². The standard InChI is InChI=1S/C14H12N2O4S/c1-8(17)15-12-3-2-9(5-13(12)16(19)20)4-10-6-11(21)7-14(10)18/h2-5H,6-7H2,1H3,(H,15,17)/b10-4+. The summed E-state index contributed by atoms with van der Waals surface area (Å²) < 4.78 is 0. The Bertz CT molecular complexity index is 694. The Hall–Kier alpha value is -2.41. The van der Waals surface area contributed by atoms with Gasteiger partial charge in [0.05, 0.1) is 4.92 Å². The summed E-state index contributed by atoms with van der Waals surface area (Å²) in [5.41, 5.74) is 1.00. The van der Waals surface area contributed by atoms with Crippen LogP contribution in [0.1, 0.15) is 25.3 Å². The highest BCUT2D eigenvalue weighted by molar-refractivity contribution is 7.80. The number of nitrogens with zero attached hydrogens (tertiary/aromatic N) is 1. The van der Waals surface area contributed by atoms with Crippen molar-refractivity contribution in [2.24, 2.45) is 0 Å². The molecule has 0 aliphatic heterocycles. The van der Waals surface area contributed by atoms with Gasteiger partial charge in [-0.1, -0.05) is 18.3 Å². The smallest absolute Gasteiger partial charge is 0.293 e. The molecule has 1 saturated carbocycles. The van der Waals surface area contributed by atoms with E-state index in [0.717, 1.165) is 0 Å². The second-order valence-electron chi connectivity index (χ2n) is 4.70. The topological polar surface area (TPSA) is 89.3 Å². The fourth-order valence-electron chi connectivity index (χ4n) is 2.08. The van der Waals surface area contributed by atoms with Crippen molar-refractivity contribution in [3.05, 3.63) is 39.4 Å². The van der Waals surface area contributed by atoms with Crippen LogP contribution in [0, 0.1) is 10.1 Å². The number of carbonyl (C=O) groups is 2. The summed E-state index contributed by atoms with van der Waals surface area (Å²) >= 11 is 5.01. The van der Waals surface area contributed by atoms with Crippen LogP contribution < -0.4 is 5.32 Å². The summed E-state index contributed by atoms with van der Waals surface area (Å²) in [5, 5.41) is 13.5. The lowest BCUT2D eigenvalue weighted by Crippen LogP contribution is -2.08. The summed E-state index contributed by atoms with van der Waals surface area (Å²) in [7, 11) is 0. The third-order valence-electron chi connectivity index (χ3n) is 2.97. The summed E-state index contributed by atoms with van der Waals surface area (Å²) in [4.78, 5) is 33.9. The molecule has 0 heterocycles. The van der Waals surface area contributed by atoms with Crippen molar-refractivity contribution in [2.45, 2.75) is 19.8 Å². The molecule has 0 atom stereocenters. The number of anilines is 1. The van der Waals surface area contributed by atoms with Gasteiger partial charge < -0.3 is 5.32 Å². The van der Waals surface area contributed by atoms with Crippen LogP contribution in [0.4, 0.5) is 11.4 Å². The molecule has 1 aliphatic carbocycles. The molecule has 6 nitrogen and oxygen atoms in total.